The van der Waals surface area contributed by atoms with Gasteiger partial charge in [-0.15, -0.1) is 0 Å². The maximum absolute atomic E-state index is 2.58. The van der Waals surface area contributed by atoms with Gasteiger partial charge < -0.3 is 4.90 Å². The number of hydrogen-bond acceptors (Lipinski definition) is 1. The van der Waals surface area contributed by atoms with Crippen LogP contribution in [-0.4, -0.2) is 0 Å². The second-order valence-electron chi connectivity index (χ2n) is 17.2. The number of rotatable bonds is 6. The van der Waals surface area contributed by atoms with E-state index in [0.717, 1.165) is 11.4 Å². The molecule has 0 bridgehead atoms. The molecular weight excluding hydrogens is 735 g/mol. The molecule has 2 aliphatic carbocycles. The Hall–Kier alpha value is -7.48. The van der Waals surface area contributed by atoms with Crippen molar-refractivity contribution in [3.8, 4) is 33.4 Å². The molecule has 0 spiro atoms. The molecule has 10 aromatic rings. The van der Waals surface area contributed by atoms with Gasteiger partial charge in [0.15, 0.2) is 0 Å². The summed E-state index contributed by atoms with van der Waals surface area (Å²) in [5.41, 5.74) is 18.2. The number of fused-ring (bicyclic) bond motifs is 9. The van der Waals surface area contributed by atoms with Crippen molar-refractivity contribution in [2.75, 3.05) is 4.90 Å². The van der Waals surface area contributed by atoms with Gasteiger partial charge in [-0.3, -0.25) is 0 Å². The smallest absolute Gasteiger partial charge is 0.0714 e. The lowest BCUT2D eigenvalue weighted by Gasteiger charge is -2.36. The van der Waals surface area contributed by atoms with Gasteiger partial charge in [-0.2, -0.15) is 0 Å². The fraction of sp³-hybridized carbons (Fsp3) is 0.0667. The van der Waals surface area contributed by atoms with Crippen molar-refractivity contribution in [1.29, 1.82) is 0 Å². The molecule has 10 aromatic carbocycles. The van der Waals surface area contributed by atoms with Crippen molar-refractivity contribution in [3.05, 3.63) is 258 Å². The standard InChI is InChI=1S/C60H43N/c1-59(2)52-32-18-17-31-51(52)56-55(41-21-6-3-7-22-41)58(50-30-15-14-29-49(50)57(56)59)61(45-35-34-40-20-12-13-23-42(40)38-45)46-36-37-48-47-28-16-19-33-53(47)60(54(48)39-46,43-24-8-4-9-25-43)44-26-10-5-11-27-44/h3-39H,1-2H3. The first kappa shape index (κ1) is 35.5. The summed E-state index contributed by atoms with van der Waals surface area (Å²) in [4.78, 5) is 2.58. The van der Waals surface area contributed by atoms with E-state index in [1.54, 1.807) is 0 Å². The van der Waals surface area contributed by atoms with Crippen LogP contribution < -0.4 is 4.90 Å². The number of benzene rings is 10. The van der Waals surface area contributed by atoms with Gasteiger partial charge in [-0.05, 0) is 102 Å². The van der Waals surface area contributed by atoms with Crippen molar-refractivity contribution in [1.82, 2.24) is 0 Å². The van der Waals surface area contributed by atoms with Crippen LogP contribution in [0, 0.1) is 0 Å². The van der Waals surface area contributed by atoms with E-state index in [9.17, 15) is 0 Å². The largest absolute Gasteiger partial charge is 0.309 e. The molecule has 288 valence electrons. The summed E-state index contributed by atoms with van der Waals surface area (Å²) >= 11 is 0. The summed E-state index contributed by atoms with van der Waals surface area (Å²) in [6.45, 7) is 4.81. The lowest BCUT2D eigenvalue weighted by Crippen LogP contribution is -2.28. The monoisotopic (exact) mass is 777 g/mol. The van der Waals surface area contributed by atoms with Crippen LogP contribution in [0.15, 0.2) is 224 Å². The van der Waals surface area contributed by atoms with E-state index < -0.39 is 5.41 Å². The van der Waals surface area contributed by atoms with Gasteiger partial charge in [-0.25, -0.2) is 0 Å². The molecule has 0 atom stereocenters. The predicted molar refractivity (Wildman–Crippen MR) is 256 cm³/mol. The van der Waals surface area contributed by atoms with E-state index in [2.05, 4.69) is 243 Å². The van der Waals surface area contributed by atoms with E-state index in [1.807, 2.05) is 0 Å². The third-order valence-electron chi connectivity index (χ3n) is 13.7. The van der Waals surface area contributed by atoms with Crippen LogP contribution in [0.4, 0.5) is 17.1 Å². The summed E-state index contributed by atoms with van der Waals surface area (Å²) in [5.74, 6) is 0. The first-order valence-corrected chi connectivity index (χ1v) is 21.4. The van der Waals surface area contributed by atoms with Crippen LogP contribution in [0.5, 0.6) is 0 Å². The second kappa shape index (κ2) is 13.5. The zero-order chi connectivity index (χ0) is 40.7. The van der Waals surface area contributed by atoms with Crippen LogP contribution in [0.2, 0.25) is 0 Å². The molecule has 0 aliphatic heterocycles. The molecule has 0 amide bonds. The Kier molecular flexibility index (Phi) is 7.86. The molecular formula is C60H43N. The van der Waals surface area contributed by atoms with Gasteiger partial charge >= 0.3 is 0 Å². The Balaban J connectivity index is 1.25. The molecule has 12 rings (SSSR count). The zero-order valence-corrected chi connectivity index (χ0v) is 34.3. The zero-order valence-electron chi connectivity index (χ0n) is 34.3. The summed E-state index contributed by atoms with van der Waals surface area (Å²) in [6.07, 6.45) is 0. The van der Waals surface area contributed by atoms with Gasteiger partial charge in [0.05, 0.1) is 11.1 Å². The summed E-state index contributed by atoms with van der Waals surface area (Å²) in [7, 11) is 0. The van der Waals surface area contributed by atoms with Gasteiger partial charge in [0.2, 0.25) is 0 Å². The highest BCUT2D eigenvalue weighted by Crippen LogP contribution is 2.61. The predicted octanol–water partition coefficient (Wildman–Crippen LogP) is 15.8. The molecule has 2 aliphatic rings. The van der Waals surface area contributed by atoms with Crippen molar-refractivity contribution >= 4 is 38.6 Å². The normalized spacial score (nSPS) is 14.0. The second-order valence-corrected chi connectivity index (χ2v) is 17.2. The topological polar surface area (TPSA) is 3.24 Å². The maximum atomic E-state index is 2.58. The molecule has 0 fully saturated rings. The maximum Gasteiger partial charge on any atom is 0.0714 e. The highest BCUT2D eigenvalue weighted by molar-refractivity contribution is 6.16. The SMILES string of the molecule is CC1(C)c2ccccc2-c2c(-c3ccccc3)c(N(c3ccc4c(c3)C(c3ccccc3)(c3ccccc3)c3ccccc3-4)c3ccc4ccccc4c3)c3ccccc3c21. The van der Waals surface area contributed by atoms with Gasteiger partial charge in [0, 0.05) is 27.7 Å². The molecule has 0 saturated carbocycles. The number of hydrogen-bond donors (Lipinski definition) is 0. The van der Waals surface area contributed by atoms with Crippen molar-refractivity contribution in [2.45, 2.75) is 24.7 Å². The third kappa shape index (κ3) is 5.08. The lowest BCUT2D eigenvalue weighted by molar-refractivity contribution is 0.666. The minimum atomic E-state index is -0.537. The minimum absolute atomic E-state index is 0.203. The Labute approximate surface area is 357 Å². The van der Waals surface area contributed by atoms with Gasteiger partial charge in [0.25, 0.3) is 0 Å². The van der Waals surface area contributed by atoms with Crippen LogP contribution in [0.25, 0.3) is 54.9 Å². The van der Waals surface area contributed by atoms with E-state index in [1.165, 1.54) is 94.0 Å². The summed E-state index contributed by atoms with van der Waals surface area (Å²) in [6, 6.07) is 83.6. The molecule has 0 unspecified atom stereocenters. The highest BCUT2D eigenvalue weighted by atomic mass is 15.1. The van der Waals surface area contributed by atoms with E-state index in [4.69, 9.17) is 0 Å². The van der Waals surface area contributed by atoms with Gasteiger partial charge in [0.1, 0.15) is 0 Å². The van der Waals surface area contributed by atoms with Crippen molar-refractivity contribution in [3.63, 3.8) is 0 Å². The van der Waals surface area contributed by atoms with Crippen molar-refractivity contribution in [2.24, 2.45) is 0 Å². The van der Waals surface area contributed by atoms with E-state index in [0.29, 0.717) is 0 Å². The average Bonchev–Trinajstić information content (AvgIpc) is 3.75. The van der Waals surface area contributed by atoms with Crippen LogP contribution >= 0.6 is 0 Å². The fourth-order valence-electron chi connectivity index (χ4n) is 11.1. The molecule has 1 nitrogen and oxygen atoms in total. The van der Waals surface area contributed by atoms with Crippen LogP contribution in [0.3, 0.4) is 0 Å². The summed E-state index contributed by atoms with van der Waals surface area (Å²) < 4.78 is 0. The quantitative estimate of drug-likeness (QED) is 0.163. The lowest BCUT2D eigenvalue weighted by atomic mass is 9.67. The molecule has 61 heavy (non-hydrogen) atoms. The minimum Gasteiger partial charge on any atom is -0.309 e. The molecule has 1 heteroatoms. The fourth-order valence-corrected chi connectivity index (χ4v) is 11.1. The van der Waals surface area contributed by atoms with E-state index in [-0.39, 0.29) is 5.41 Å². The third-order valence-corrected chi connectivity index (χ3v) is 13.7. The van der Waals surface area contributed by atoms with E-state index >= 15 is 0 Å². The number of anilines is 3. The molecule has 0 saturated heterocycles. The Morgan fingerprint density at radius 3 is 1.61 bits per heavy atom. The highest BCUT2D eigenvalue weighted by Gasteiger charge is 2.47. The van der Waals surface area contributed by atoms with Gasteiger partial charge in [-0.1, -0.05) is 214 Å². The molecule has 0 N–H and O–H groups in total. The summed E-state index contributed by atoms with van der Waals surface area (Å²) in [5, 5.41) is 4.95. The Morgan fingerprint density at radius 1 is 0.361 bits per heavy atom. The first-order chi connectivity index (χ1) is 30.0. The molecule has 0 radical (unpaired) electrons. The Bertz CT molecular complexity index is 3290. The Morgan fingerprint density at radius 2 is 0.885 bits per heavy atom. The molecule has 0 aromatic heterocycles. The molecule has 0 heterocycles. The van der Waals surface area contributed by atoms with Crippen molar-refractivity contribution < 1.29 is 0 Å². The van der Waals surface area contributed by atoms with Crippen LogP contribution in [-0.2, 0) is 10.8 Å². The first-order valence-electron chi connectivity index (χ1n) is 21.4. The average molecular weight is 778 g/mol. The van der Waals surface area contributed by atoms with Crippen LogP contribution in [0.1, 0.15) is 47.2 Å². The number of nitrogens with zero attached hydrogens (tertiary/aromatic N) is 1.